The Balaban J connectivity index is 1.13. The largest absolute Gasteiger partial charge is 0.480 e. The first-order valence-electron chi connectivity index (χ1n) is 15.2. The molecule has 0 spiro atoms. The zero-order chi connectivity index (χ0) is 33.5. The molecule has 0 aliphatic rings. The van der Waals surface area contributed by atoms with Crippen molar-refractivity contribution in [1.82, 2.24) is 35.9 Å². The van der Waals surface area contributed by atoms with Crippen molar-refractivity contribution in [1.29, 1.82) is 0 Å². The number of hydrogen-bond donors (Lipinski definition) is 5. The van der Waals surface area contributed by atoms with Crippen LogP contribution in [0.25, 0.3) is 22.3 Å². The number of carbonyl (C=O) groups excluding carboxylic acids is 2. The first-order valence-corrected chi connectivity index (χ1v) is 15.5. The average Bonchev–Trinajstić information content (AvgIpc) is 3.60. The Bertz CT molecular complexity index is 1910. The number of aromatic amines is 1. The van der Waals surface area contributed by atoms with Crippen LogP contribution in [-0.4, -0.2) is 59.4 Å². The number of aliphatic carboxylic acids is 1. The van der Waals surface area contributed by atoms with Crippen molar-refractivity contribution in [2.75, 3.05) is 11.5 Å². The smallest absolute Gasteiger partial charge is 0.326 e. The maximum absolute atomic E-state index is 13.1. The van der Waals surface area contributed by atoms with Gasteiger partial charge in [0.05, 0.1) is 15.9 Å². The van der Waals surface area contributed by atoms with E-state index in [0.29, 0.717) is 64.1 Å². The number of aryl methyl sites for hydroxylation is 3. The number of nitrogens with one attached hydrogen (secondary N) is 2. The number of benzene rings is 3. The van der Waals surface area contributed by atoms with Crippen LogP contribution in [0.4, 0.5) is 11.8 Å². The number of carbonyl (C=O) groups is 3. The van der Waals surface area contributed by atoms with E-state index in [1.165, 1.54) is 0 Å². The van der Waals surface area contributed by atoms with Crippen molar-refractivity contribution >= 4 is 51.9 Å². The minimum atomic E-state index is -1.14. The normalized spacial score (nSPS) is 11.8. The molecule has 0 bridgehead atoms. The number of nitrogens with zero attached hydrogens (tertiary/aromatic N) is 5. The van der Waals surface area contributed by atoms with E-state index >= 15 is 0 Å². The summed E-state index contributed by atoms with van der Waals surface area (Å²) in [6.07, 6.45) is 3.29. The second-order valence-corrected chi connectivity index (χ2v) is 11.5. The van der Waals surface area contributed by atoms with E-state index in [4.69, 9.17) is 23.1 Å². The van der Waals surface area contributed by atoms with Gasteiger partial charge < -0.3 is 21.9 Å². The highest BCUT2D eigenvalue weighted by Gasteiger charge is 2.22. The molecule has 242 valence electrons. The first kappa shape index (κ1) is 32.9. The van der Waals surface area contributed by atoms with Gasteiger partial charge in [0.25, 0.3) is 5.91 Å². The fraction of sp³-hybridized carbons (Fsp3) is 0.273. The van der Waals surface area contributed by atoms with Gasteiger partial charge in [-0.15, -0.1) is 10.2 Å². The SMILES string of the molecule is CCc1ccc(C(=O)CCCC[C@H](NC(=O)c2ccc(CCc3ccc4nc(N)nc(N)c4c3Cl)cc2)C(=O)O)c(-c2nn[nH]n2)c1. The third-order valence-corrected chi connectivity index (χ3v) is 8.39. The summed E-state index contributed by atoms with van der Waals surface area (Å²) >= 11 is 6.60. The molecular formula is C33H34ClN9O4. The molecule has 0 fully saturated rings. The number of Topliss-reactive ketones (excluding diaryl/α,β-unsaturated/α-hetero) is 1. The number of rotatable bonds is 14. The zero-order valence-electron chi connectivity index (χ0n) is 25.7. The fourth-order valence-corrected chi connectivity index (χ4v) is 5.70. The summed E-state index contributed by atoms with van der Waals surface area (Å²) in [5.41, 5.74) is 16.6. The molecule has 7 N–H and O–H groups in total. The van der Waals surface area contributed by atoms with Gasteiger partial charge in [-0.25, -0.2) is 9.78 Å². The third-order valence-electron chi connectivity index (χ3n) is 7.95. The Morgan fingerprint density at radius 2 is 1.74 bits per heavy atom. The topological polar surface area (TPSA) is 216 Å². The molecule has 0 aliphatic heterocycles. The van der Waals surface area contributed by atoms with Crippen LogP contribution >= 0.6 is 11.6 Å². The van der Waals surface area contributed by atoms with E-state index in [1.807, 2.05) is 37.3 Å². The van der Waals surface area contributed by atoms with E-state index in [2.05, 4.69) is 35.9 Å². The van der Waals surface area contributed by atoms with E-state index < -0.39 is 17.9 Å². The van der Waals surface area contributed by atoms with Crippen LogP contribution in [0.5, 0.6) is 0 Å². The van der Waals surface area contributed by atoms with E-state index in [9.17, 15) is 19.5 Å². The summed E-state index contributed by atoms with van der Waals surface area (Å²) in [6, 6.07) is 15.1. The molecule has 5 aromatic rings. The van der Waals surface area contributed by atoms with Gasteiger partial charge in [0, 0.05) is 23.1 Å². The molecule has 0 saturated heterocycles. The Kier molecular flexibility index (Phi) is 10.4. The number of halogens is 1. The monoisotopic (exact) mass is 655 g/mol. The van der Waals surface area contributed by atoms with Crippen molar-refractivity contribution in [3.63, 3.8) is 0 Å². The number of aromatic nitrogens is 6. The van der Waals surface area contributed by atoms with Crippen molar-refractivity contribution in [3.8, 4) is 11.4 Å². The lowest BCUT2D eigenvalue weighted by Crippen LogP contribution is -2.40. The van der Waals surface area contributed by atoms with Gasteiger partial charge in [-0.1, -0.05) is 55.3 Å². The van der Waals surface area contributed by atoms with E-state index in [0.717, 1.165) is 23.1 Å². The second kappa shape index (κ2) is 14.8. The van der Waals surface area contributed by atoms with Gasteiger partial charge in [0.2, 0.25) is 11.8 Å². The van der Waals surface area contributed by atoms with Crippen LogP contribution in [0.15, 0.2) is 54.6 Å². The Labute approximate surface area is 275 Å². The zero-order valence-corrected chi connectivity index (χ0v) is 26.4. The third kappa shape index (κ3) is 7.87. The molecule has 13 nitrogen and oxygen atoms in total. The molecule has 1 amide bonds. The Hall–Kier alpha value is -5.43. The summed E-state index contributed by atoms with van der Waals surface area (Å²) in [5.74, 6) is -1.10. The Morgan fingerprint density at radius 1 is 0.979 bits per heavy atom. The van der Waals surface area contributed by atoms with Crippen molar-refractivity contribution in [3.05, 3.63) is 87.4 Å². The highest BCUT2D eigenvalue weighted by molar-refractivity contribution is 6.37. The number of H-pyrrole nitrogens is 1. The van der Waals surface area contributed by atoms with Crippen LogP contribution in [-0.2, 0) is 24.1 Å². The van der Waals surface area contributed by atoms with Crippen molar-refractivity contribution in [2.24, 2.45) is 0 Å². The predicted molar refractivity (Wildman–Crippen MR) is 178 cm³/mol. The van der Waals surface area contributed by atoms with Crippen LogP contribution < -0.4 is 16.8 Å². The lowest BCUT2D eigenvalue weighted by molar-refractivity contribution is -0.139. The maximum atomic E-state index is 13.1. The fourth-order valence-electron chi connectivity index (χ4n) is 5.35. The summed E-state index contributed by atoms with van der Waals surface area (Å²) in [4.78, 5) is 46.1. The van der Waals surface area contributed by atoms with Crippen molar-refractivity contribution < 1.29 is 19.5 Å². The number of carboxylic acids is 1. The number of unbranched alkanes of at least 4 members (excludes halogenated alkanes) is 1. The van der Waals surface area contributed by atoms with Crippen LogP contribution in [0.2, 0.25) is 5.02 Å². The summed E-state index contributed by atoms with van der Waals surface area (Å²) < 4.78 is 0. The number of hydrogen-bond acceptors (Lipinski definition) is 10. The molecule has 47 heavy (non-hydrogen) atoms. The van der Waals surface area contributed by atoms with Crippen molar-refractivity contribution in [2.45, 2.75) is 57.9 Å². The molecule has 0 aliphatic carbocycles. The first-order chi connectivity index (χ1) is 22.6. The maximum Gasteiger partial charge on any atom is 0.326 e. The highest BCUT2D eigenvalue weighted by Crippen LogP contribution is 2.31. The standard InChI is InChI=1S/C33H34ClN9O4/c1-2-18-10-15-22(23(17-18)30-40-42-43-41-30)26(44)6-4-3-5-25(32(46)47)37-31(45)21-12-8-19(9-13-21)7-11-20-14-16-24-27(28(20)34)29(35)39-33(36)38-24/h8-10,12-17,25H,2-7,11H2,1H3,(H,37,45)(H,46,47)(H4,35,36,38,39)(H,40,41,42,43)/t25-/m0/s1. The molecule has 14 heteroatoms. The summed E-state index contributed by atoms with van der Waals surface area (Å²) in [6.45, 7) is 2.01. The van der Waals surface area contributed by atoms with Gasteiger partial charge in [0.15, 0.2) is 5.78 Å². The highest BCUT2D eigenvalue weighted by atomic mass is 35.5. The molecule has 3 aromatic carbocycles. The van der Waals surface area contributed by atoms with Crippen LogP contribution in [0.1, 0.15) is 70.0 Å². The molecular weight excluding hydrogens is 622 g/mol. The summed E-state index contributed by atoms with van der Waals surface area (Å²) in [5, 5.41) is 27.4. The number of nitrogens with two attached hydrogens (primary N) is 2. The lowest BCUT2D eigenvalue weighted by atomic mass is 9.96. The lowest BCUT2D eigenvalue weighted by Gasteiger charge is -2.15. The summed E-state index contributed by atoms with van der Waals surface area (Å²) in [7, 11) is 0. The molecule has 5 rings (SSSR count). The number of ketones is 1. The molecule has 0 radical (unpaired) electrons. The number of amides is 1. The second-order valence-electron chi connectivity index (χ2n) is 11.1. The average molecular weight is 656 g/mol. The van der Waals surface area contributed by atoms with Gasteiger partial charge in [0.1, 0.15) is 11.9 Å². The molecule has 0 saturated carbocycles. The van der Waals surface area contributed by atoms with Crippen LogP contribution in [0, 0.1) is 0 Å². The van der Waals surface area contributed by atoms with Gasteiger partial charge >= 0.3 is 5.97 Å². The van der Waals surface area contributed by atoms with Gasteiger partial charge in [-0.05, 0) is 78.3 Å². The van der Waals surface area contributed by atoms with E-state index in [-0.39, 0.29) is 30.4 Å². The number of tetrazole rings is 1. The predicted octanol–water partition coefficient (Wildman–Crippen LogP) is 4.60. The minimum absolute atomic E-state index is 0.0790. The van der Waals surface area contributed by atoms with Crippen LogP contribution in [0.3, 0.4) is 0 Å². The van der Waals surface area contributed by atoms with E-state index in [1.54, 1.807) is 24.3 Å². The molecule has 1 atom stereocenters. The number of fused-ring (bicyclic) bond motifs is 1. The molecule has 0 unspecified atom stereocenters. The van der Waals surface area contributed by atoms with Gasteiger partial charge in [-0.3, -0.25) is 9.59 Å². The number of nitrogen functional groups attached to an aromatic ring is 2. The number of anilines is 2. The Morgan fingerprint density at radius 3 is 2.45 bits per heavy atom. The quantitative estimate of drug-likeness (QED) is 0.0822. The minimum Gasteiger partial charge on any atom is -0.480 e. The molecule has 2 heterocycles. The van der Waals surface area contributed by atoms with Gasteiger partial charge in [-0.2, -0.15) is 10.2 Å². The number of carboxylic acid groups (broad SMARTS) is 1. The molecule has 2 aromatic heterocycles.